The van der Waals surface area contributed by atoms with E-state index in [0.29, 0.717) is 36.5 Å². The highest BCUT2D eigenvalue weighted by Crippen LogP contribution is 2.30. The zero-order chi connectivity index (χ0) is 19.7. The van der Waals surface area contributed by atoms with Crippen LogP contribution in [0, 0.1) is 17.7 Å². The number of hydrogen-bond acceptors (Lipinski definition) is 4. The number of nitrogens with one attached hydrogen (secondary N) is 2. The largest absolute Gasteiger partial charge is 0.396 e. The standard InChI is InChI=1S/C20H23FN4O3/c21-15-5-3-12(4-6-15)16-9-17(24-23-16)20(28)25-8-7-14(11-26)18(10-25)22-19(27)13-1-2-13/h3-6,9,13-14,18,26H,1-2,7-8,10-11H2,(H,22,27)(H,23,24)/t14-,18-/m1/s1. The van der Waals surface area contributed by atoms with E-state index in [0.717, 1.165) is 12.8 Å². The van der Waals surface area contributed by atoms with Gasteiger partial charge in [-0.3, -0.25) is 14.7 Å². The van der Waals surface area contributed by atoms with E-state index in [1.54, 1.807) is 23.1 Å². The fourth-order valence-corrected chi connectivity index (χ4v) is 3.58. The maximum absolute atomic E-state index is 13.1. The summed E-state index contributed by atoms with van der Waals surface area (Å²) in [5.74, 6) is -0.498. The number of aromatic nitrogens is 2. The molecule has 1 saturated carbocycles. The van der Waals surface area contributed by atoms with Gasteiger partial charge in [-0.25, -0.2) is 4.39 Å². The molecule has 8 heteroatoms. The van der Waals surface area contributed by atoms with E-state index in [4.69, 9.17) is 0 Å². The van der Waals surface area contributed by atoms with Crippen LogP contribution in [-0.2, 0) is 4.79 Å². The molecule has 2 aliphatic rings. The molecule has 1 aliphatic carbocycles. The van der Waals surface area contributed by atoms with Crippen molar-refractivity contribution in [3.05, 3.63) is 41.8 Å². The van der Waals surface area contributed by atoms with Crippen molar-refractivity contribution in [2.45, 2.75) is 25.3 Å². The van der Waals surface area contributed by atoms with Gasteiger partial charge in [0.05, 0.1) is 11.7 Å². The molecule has 2 amide bonds. The van der Waals surface area contributed by atoms with Crippen LogP contribution in [-0.4, -0.2) is 57.8 Å². The first-order valence-electron chi connectivity index (χ1n) is 9.57. The topological polar surface area (TPSA) is 98.3 Å². The number of halogens is 1. The Morgan fingerprint density at radius 2 is 2.00 bits per heavy atom. The molecule has 0 spiro atoms. The molecular weight excluding hydrogens is 363 g/mol. The number of benzene rings is 1. The smallest absolute Gasteiger partial charge is 0.271 e. The molecule has 1 aromatic heterocycles. The molecule has 28 heavy (non-hydrogen) atoms. The first kappa shape index (κ1) is 18.6. The lowest BCUT2D eigenvalue weighted by molar-refractivity contribution is -0.123. The van der Waals surface area contributed by atoms with Crippen LogP contribution in [0.4, 0.5) is 4.39 Å². The molecule has 1 aliphatic heterocycles. The van der Waals surface area contributed by atoms with Crippen molar-refractivity contribution in [2.75, 3.05) is 19.7 Å². The number of carbonyl (C=O) groups excluding carboxylic acids is 2. The molecule has 3 N–H and O–H groups in total. The number of piperidine rings is 1. The number of H-pyrrole nitrogens is 1. The number of aliphatic hydroxyl groups excluding tert-OH is 1. The number of aromatic amines is 1. The SMILES string of the molecule is O=C(N[C@@H]1CN(C(=O)c2cc(-c3ccc(F)cc3)n[nH]2)CC[C@@H]1CO)C1CC1. The normalized spacial score (nSPS) is 22.1. The van der Waals surface area contributed by atoms with E-state index >= 15 is 0 Å². The maximum atomic E-state index is 13.1. The molecule has 2 fully saturated rings. The molecule has 0 bridgehead atoms. The quantitative estimate of drug-likeness (QED) is 0.726. The summed E-state index contributed by atoms with van der Waals surface area (Å²) in [5.41, 5.74) is 1.62. The third-order valence-electron chi connectivity index (χ3n) is 5.50. The maximum Gasteiger partial charge on any atom is 0.271 e. The lowest BCUT2D eigenvalue weighted by Crippen LogP contribution is -2.55. The van der Waals surface area contributed by atoms with Crippen LogP contribution in [0.1, 0.15) is 29.8 Å². The lowest BCUT2D eigenvalue weighted by atomic mass is 9.92. The van der Waals surface area contributed by atoms with Crippen molar-refractivity contribution in [1.82, 2.24) is 20.4 Å². The summed E-state index contributed by atoms with van der Waals surface area (Å²) in [6, 6.07) is 7.30. The second kappa shape index (κ2) is 7.71. The molecule has 2 aromatic rings. The van der Waals surface area contributed by atoms with Gasteiger partial charge in [-0.1, -0.05) is 0 Å². The Kier molecular flexibility index (Phi) is 5.13. The second-order valence-corrected chi connectivity index (χ2v) is 7.55. The van der Waals surface area contributed by atoms with Gasteiger partial charge in [-0.2, -0.15) is 5.10 Å². The number of carbonyl (C=O) groups is 2. The summed E-state index contributed by atoms with van der Waals surface area (Å²) in [5, 5.41) is 19.5. The fraction of sp³-hybridized carbons (Fsp3) is 0.450. The fourth-order valence-electron chi connectivity index (χ4n) is 3.58. The number of likely N-dealkylation sites (tertiary alicyclic amines) is 1. The van der Waals surface area contributed by atoms with Crippen LogP contribution in [0.5, 0.6) is 0 Å². The van der Waals surface area contributed by atoms with E-state index < -0.39 is 0 Å². The Hall–Kier alpha value is -2.74. The van der Waals surface area contributed by atoms with Crippen molar-refractivity contribution in [1.29, 1.82) is 0 Å². The van der Waals surface area contributed by atoms with Gasteiger partial charge in [0, 0.05) is 37.1 Å². The molecule has 0 radical (unpaired) electrons. The minimum atomic E-state index is -0.332. The monoisotopic (exact) mass is 386 g/mol. The predicted octanol–water partition coefficient (Wildman–Crippen LogP) is 1.56. The van der Waals surface area contributed by atoms with Gasteiger partial charge in [0.15, 0.2) is 0 Å². The average molecular weight is 386 g/mol. The van der Waals surface area contributed by atoms with Gasteiger partial charge in [0.25, 0.3) is 5.91 Å². The highest BCUT2D eigenvalue weighted by molar-refractivity contribution is 5.93. The van der Waals surface area contributed by atoms with E-state index in [1.807, 2.05) is 0 Å². The van der Waals surface area contributed by atoms with E-state index in [-0.39, 0.29) is 42.1 Å². The van der Waals surface area contributed by atoms with E-state index in [1.165, 1.54) is 12.1 Å². The summed E-state index contributed by atoms with van der Waals surface area (Å²) in [6.45, 7) is 0.842. The van der Waals surface area contributed by atoms with Crippen molar-refractivity contribution < 1.29 is 19.1 Å². The Morgan fingerprint density at radius 1 is 1.25 bits per heavy atom. The van der Waals surface area contributed by atoms with Crippen LogP contribution in [0.3, 0.4) is 0 Å². The molecule has 7 nitrogen and oxygen atoms in total. The van der Waals surface area contributed by atoms with Crippen molar-refractivity contribution >= 4 is 11.8 Å². The molecule has 2 heterocycles. The van der Waals surface area contributed by atoms with Crippen LogP contribution >= 0.6 is 0 Å². The van der Waals surface area contributed by atoms with Gasteiger partial charge in [0.1, 0.15) is 11.5 Å². The van der Waals surface area contributed by atoms with Gasteiger partial charge in [0.2, 0.25) is 5.91 Å². The first-order valence-corrected chi connectivity index (χ1v) is 9.57. The zero-order valence-electron chi connectivity index (χ0n) is 15.4. The number of nitrogens with zero attached hydrogens (tertiary/aromatic N) is 2. The Morgan fingerprint density at radius 3 is 2.68 bits per heavy atom. The molecule has 1 aromatic carbocycles. The van der Waals surface area contributed by atoms with Crippen LogP contribution < -0.4 is 5.32 Å². The van der Waals surface area contributed by atoms with E-state index in [2.05, 4.69) is 15.5 Å². The van der Waals surface area contributed by atoms with Gasteiger partial charge < -0.3 is 15.3 Å². The highest BCUT2D eigenvalue weighted by Gasteiger charge is 2.36. The third-order valence-corrected chi connectivity index (χ3v) is 5.50. The lowest BCUT2D eigenvalue weighted by Gasteiger charge is -2.38. The van der Waals surface area contributed by atoms with Gasteiger partial charge >= 0.3 is 0 Å². The molecule has 2 atom stereocenters. The number of aliphatic hydroxyl groups is 1. The summed E-state index contributed by atoms with van der Waals surface area (Å²) in [4.78, 5) is 26.7. The number of hydrogen-bond donors (Lipinski definition) is 3. The van der Waals surface area contributed by atoms with Crippen molar-refractivity contribution in [3.63, 3.8) is 0 Å². The Bertz CT molecular complexity index is 863. The summed E-state index contributed by atoms with van der Waals surface area (Å²) < 4.78 is 13.1. The average Bonchev–Trinajstić information content (AvgIpc) is 3.45. The van der Waals surface area contributed by atoms with Crippen molar-refractivity contribution in [2.24, 2.45) is 11.8 Å². The summed E-state index contributed by atoms with van der Waals surface area (Å²) in [7, 11) is 0. The molecular formula is C20H23FN4O3. The van der Waals surface area contributed by atoms with Crippen LogP contribution in [0.25, 0.3) is 11.3 Å². The zero-order valence-corrected chi connectivity index (χ0v) is 15.4. The van der Waals surface area contributed by atoms with Gasteiger partial charge in [-0.05, 0) is 49.6 Å². The van der Waals surface area contributed by atoms with Crippen molar-refractivity contribution in [3.8, 4) is 11.3 Å². The third kappa shape index (κ3) is 3.91. The Balaban J connectivity index is 1.45. The molecule has 0 unspecified atom stereocenters. The van der Waals surface area contributed by atoms with E-state index in [9.17, 15) is 19.1 Å². The molecule has 148 valence electrons. The second-order valence-electron chi connectivity index (χ2n) is 7.55. The highest BCUT2D eigenvalue weighted by atomic mass is 19.1. The Labute approximate surface area is 161 Å². The summed E-state index contributed by atoms with van der Waals surface area (Å²) in [6.07, 6.45) is 2.44. The minimum absolute atomic E-state index is 0.0119. The number of amides is 2. The molecule has 4 rings (SSSR count). The van der Waals surface area contributed by atoms with Crippen LogP contribution in [0.15, 0.2) is 30.3 Å². The predicted molar refractivity (Wildman–Crippen MR) is 99.7 cm³/mol. The number of rotatable bonds is 5. The minimum Gasteiger partial charge on any atom is -0.396 e. The molecule has 1 saturated heterocycles. The van der Waals surface area contributed by atoms with Crippen LogP contribution in [0.2, 0.25) is 0 Å². The van der Waals surface area contributed by atoms with Gasteiger partial charge in [-0.15, -0.1) is 0 Å². The first-order chi connectivity index (χ1) is 13.5. The summed E-state index contributed by atoms with van der Waals surface area (Å²) >= 11 is 0.